The predicted octanol–water partition coefficient (Wildman–Crippen LogP) is 9.25. The molecule has 0 saturated heterocycles. The Morgan fingerprint density at radius 1 is 0.778 bits per heavy atom. The van der Waals surface area contributed by atoms with Gasteiger partial charge in [-0.1, -0.05) is 24.8 Å². The number of fused-ring (bicyclic) bond motifs is 8. The largest absolute Gasteiger partial charge is 0.355 e. The SMILES string of the molecule is Br.Br.Br.Br.C=CC(=O)Nc1c(CCCN(C)C)cccc1-c1cc2cc3ccc(cc4nc(cc5nc(cc1[nH]2)C=C5)C=C4)[nH]3. The predicted molar refractivity (Wildman–Crippen MR) is 211 cm³/mol. The highest BCUT2D eigenvalue weighted by Crippen LogP contribution is 2.36. The Hall–Kier alpha value is -3.09. The minimum Gasteiger partial charge on any atom is -0.355 e. The van der Waals surface area contributed by atoms with Gasteiger partial charge in [-0.15, -0.1) is 67.9 Å². The zero-order valence-electron chi connectivity index (χ0n) is 24.9. The summed E-state index contributed by atoms with van der Waals surface area (Å²) in [5.74, 6) is -0.234. The number of amides is 1. The Morgan fingerprint density at radius 3 is 2.04 bits per heavy atom. The molecule has 7 nitrogen and oxygen atoms in total. The van der Waals surface area contributed by atoms with E-state index >= 15 is 0 Å². The van der Waals surface area contributed by atoms with E-state index in [1.807, 2.05) is 48.6 Å². The molecule has 11 heteroatoms. The van der Waals surface area contributed by atoms with Crippen LogP contribution in [-0.4, -0.2) is 51.4 Å². The van der Waals surface area contributed by atoms with Crippen LogP contribution in [0.3, 0.4) is 0 Å². The summed E-state index contributed by atoms with van der Waals surface area (Å²) in [6.07, 6.45) is 11.1. The van der Waals surface area contributed by atoms with Gasteiger partial charge in [-0.3, -0.25) is 4.79 Å². The van der Waals surface area contributed by atoms with Crippen LogP contribution in [0, 0.1) is 0 Å². The van der Waals surface area contributed by atoms with Gasteiger partial charge in [0.1, 0.15) is 0 Å². The van der Waals surface area contributed by atoms with Crippen LogP contribution in [0.25, 0.3) is 57.5 Å². The van der Waals surface area contributed by atoms with Crippen LogP contribution in [-0.2, 0) is 11.2 Å². The van der Waals surface area contributed by atoms with E-state index < -0.39 is 0 Å². The van der Waals surface area contributed by atoms with Crippen LogP contribution in [0.15, 0.2) is 73.3 Å². The van der Waals surface area contributed by atoms with Crippen molar-refractivity contribution in [1.82, 2.24) is 24.8 Å². The number of carbonyl (C=O) groups is 1. The minimum atomic E-state index is -0.234. The van der Waals surface area contributed by atoms with Crippen molar-refractivity contribution in [2.45, 2.75) is 12.8 Å². The molecule has 4 aromatic rings. The number of aryl methyl sites for hydroxylation is 1. The van der Waals surface area contributed by atoms with Crippen molar-refractivity contribution in [3.05, 3.63) is 102 Å². The van der Waals surface area contributed by atoms with Gasteiger partial charge < -0.3 is 20.2 Å². The van der Waals surface area contributed by atoms with Gasteiger partial charge in [0.15, 0.2) is 0 Å². The van der Waals surface area contributed by atoms with Crippen molar-refractivity contribution >= 4 is 126 Å². The highest BCUT2D eigenvalue weighted by molar-refractivity contribution is 8.93. The summed E-state index contributed by atoms with van der Waals surface area (Å²) in [7, 11) is 4.14. The summed E-state index contributed by atoms with van der Waals surface area (Å²) in [5.41, 5.74) is 11.0. The Bertz CT molecular complexity index is 1890. The number of halogens is 4. The van der Waals surface area contributed by atoms with Gasteiger partial charge in [-0.2, -0.15) is 0 Å². The second-order valence-electron chi connectivity index (χ2n) is 10.5. The van der Waals surface area contributed by atoms with Gasteiger partial charge in [0.25, 0.3) is 0 Å². The standard InChI is InChI=1S/C34H32N6O.4BrH/c1-4-33(41)39-34-22(8-6-16-40(2)3)7-5-9-30(34)31-20-29-19-27-13-12-25(36-27)17-23-10-11-24(35-23)18-26-14-15-28(37-26)21-32(31)38-29;;;;/h4-5,7,9-15,17-21,36,38H,1,6,8,16H2,2-3H3,(H,39,41);4*1H. The van der Waals surface area contributed by atoms with E-state index in [0.717, 1.165) is 86.6 Å². The summed E-state index contributed by atoms with van der Waals surface area (Å²) in [4.78, 5) is 31.3. The summed E-state index contributed by atoms with van der Waals surface area (Å²) in [5, 5.41) is 3.11. The van der Waals surface area contributed by atoms with Crippen LogP contribution >= 0.6 is 67.9 Å². The van der Waals surface area contributed by atoms with Gasteiger partial charge in [-0.05, 0) is 112 Å². The number of aromatic amines is 2. The fourth-order valence-corrected chi connectivity index (χ4v) is 5.18. The number of anilines is 1. The number of nitrogens with one attached hydrogen (secondary N) is 3. The van der Waals surface area contributed by atoms with E-state index in [1.165, 1.54) is 6.08 Å². The molecule has 0 saturated carbocycles. The van der Waals surface area contributed by atoms with Gasteiger partial charge in [-0.25, -0.2) is 9.97 Å². The molecule has 5 heterocycles. The molecular weight excluding hydrogens is 828 g/mol. The van der Waals surface area contributed by atoms with Gasteiger partial charge in [0.2, 0.25) is 5.91 Å². The monoisotopic (exact) mass is 860 g/mol. The molecular formula is C34H36Br4N6O. The molecule has 2 aliphatic rings. The molecule has 6 rings (SSSR count). The average Bonchev–Trinajstić information content (AvgIpc) is 3.75. The van der Waals surface area contributed by atoms with Gasteiger partial charge in [0.05, 0.1) is 28.5 Å². The third-order valence-corrected chi connectivity index (χ3v) is 7.09. The summed E-state index contributed by atoms with van der Waals surface area (Å²) in [6.45, 7) is 4.63. The molecule has 1 aromatic carbocycles. The van der Waals surface area contributed by atoms with E-state index in [0.29, 0.717) is 0 Å². The second-order valence-corrected chi connectivity index (χ2v) is 10.5. The maximum Gasteiger partial charge on any atom is 0.247 e. The molecule has 2 aliphatic heterocycles. The smallest absolute Gasteiger partial charge is 0.247 e. The molecule has 236 valence electrons. The van der Waals surface area contributed by atoms with E-state index in [9.17, 15) is 4.79 Å². The average molecular weight is 864 g/mol. The number of carbonyl (C=O) groups excluding carboxylic acids is 1. The molecule has 3 aromatic heterocycles. The molecule has 45 heavy (non-hydrogen) atoms. The fourth-order valence-electron chi connectivity index (χ4n) is 5.18. The van der Waals surface area contributed by atoms with Gasteiger partial charge >= 0.3 is 0 Å². The lowest BCUT2D eigenvalue weighted by Gasteiger charge is -2.16. The van der Waals surface area contributed by atoms with Crippen molar-refractivity contribution in [2.24, 2.45) is 0 Å². The molecule has 8 bridgehead atoms. The quantitative estimate of drug-likeness (QED) is 0.140. The number of aromatic nitrogens is 4. The van der Waals surface area contributed by atoms with Crippen molar-refractivity contribution in [3.8, 4) is 11.1 Å². The Morgan fingerprint density at radius 2 is 1.40 bits per heavy atom. The van der Waals surface area contributed by atoms with Crippen molar-refractivity contribution in [3.63, 3.8) is 0 Å². The molecule has 0 spiro atoms. The lowest BCUT2D eigenvalue weighted by Crippen LogP contribution is -2.15. The molecule has 0 unspecified atom stereocenters. The van der Waals surface area contributed by atoms with Crippen LogP contribution < -0.4 is 5.32 Å². The molecule has 0 radical (unpaired) electrons. The van der Waals surface area contributed by atoms with Crippen LogP contribution in [0.4, 0.5) is 5.69 Å². The second kappa shape index (κ2) is 17.0. The molecule has 3 N–H and O–H groups in total. The van der Waals surface area contributed by atoms with E-state index in [1.54, 1.807) is 0 Å². The van der Waals surface area contributed by atoms with Crippen LogP contribution in [0.5, 0.6) is 0 Å². The zero-order valence-corrected chi connectivity index (χ0v) is 31.7. The topological polar surface area (TPSA) is 89.7 Å². The van der Waals surface area contributed by atoms with E-state index in [4.69, 9.17) is 9.97 Å². The number of para-hydroxylation sites is 1. The van der Waals surface area contributed by atoms with E-state index in [-0.39, 0.29) is 73.8 Å². The molecule has 0 fully saturated rings. The van der Waals surface area contributed by atoms with Crippen LogP contribution in [0.1, 0.15) is 34.8 Å². The fraction of sp³-hybridized carbons (Fsp3) is 0.147. The maximum absolute atomic E-state index is 12.6. The number of hydrogen-bond donors (Lipinski definition) is 3. The number of rotatable bonds is 7. The number of benzene rings is 1. The lowest BCUT2D eigenvalue weighted by molar-refractivity contribution is -0.111. The van der Waals surface area contributed by atoms with Crippen LogP contribution in [0.2, 0.25) is 0 Å². The molecule has 1 amide bonds. The first-order chi connectivity index (χ1) is 19.9. The van der Waals surface area contributed by atoms with Crippen molar-refractivity contribution in [1.29, 1.82) is 0 Å². The minimum absolute atomic E-state index is 0. The lowest BCUT2D eigenvalue weighted by atomic mass is 9.97. The molecule has 0 atom stereocenters. The highest BCUT2D eigenvalue weighted by Gasteiger charge is 2.15. The number of nitrogens with zero attached hydrogens (tertiary/aromatic N) is 3. The summed E-state index contributed by atoms with van der Waals surface area (Å²) < 4.78 is 0. The Kier molecular flexibility index (Phi) is 14.4. The first-order valence-corrected chi connectivity index (χ1v) is 13.7. The van der Waals surface area contributed by atoms with Gasteiger partial charge in [0, 0.05) is 33.2 Å². The Balaban J connectivity index is 0.00000176. The zero-order chi connectivity index (χ0) is 28.3. The third kappa shape index (κ3) is 9.23. The first kappa shape index (κ1) is 38.1. The highest BCUT2D eigenvalue weighted by atomic mass is 79.9. The number of hydrogen-bond acceptors (Lipinski definition) is 4. The summed E-state index contributed by atoms with van der Waals surface area (Å²) in [6, 6.07) is 20.6. The summed E-state index contributed by atoms with van der Waals surface area (Å²) >= 11 is 0. The third-order valence-electron chi connectivity index (χ3n) is 7.09. The van der Waals surface area contributed by atoms with E-state index in [2.05, 4.69) is 77.3 Å². The number of H-pyrrole nitrogens is 2. The maximum atomic E-state index is 12.6. The van der Waals surface area contributed by atoms with Crippen molar-refractivity contribution < 1.29 is 4.79 Å². The van der Waals surface area contributed by atoms with Crippen molar-refractivity contribution in [2.75, 3.05) is 26.0 Å². The molecule has 0 aliphatic carbocycles. The first-order valence-electron chi connectivity index (χ1n) is 13.7. The normalized spacial score (nSPS) is 11.1. The Labute approximate surface area is 305 Å².